The smallest absolute Gasteiger partial charge is 0.195 e. The van der Waals surface area contributed by atoms with Gasteiger partial charge in [0.05, 0.1) is 12.1 Å². The molecule has 0 saturated heterocycles. The second-order valence-electron chi connectivity index (χ2n) is 7.64. The molecular weight excluding hydrogens is 325 g/mol. The number of rotatable bonds is 6. The van der Waals surface area contributed by atoms with Crippen LogP contribution in [-0.2, 0) is 13.0 Å². The van der Waals surface area contributed by atoms with Gasteiger partial charge in [0.25, 0.3) is 0 Å². The Morgan fingerprint density at radius 1 is 1.33 bits per heavy atom. The number of H-pyrrole nitrogens is 1. The van der Waals surface area contributed by atoms with Gasteiger partial charge < -0.3 is 10.1 Å². The zero-order valence-electron chi connectivity index (χ0n) is 14.7. The van der Waals surface area contributed by atoms with Crippen LogP contribution in [0, 0.1) is 21.9 Å². The van der Waals surface area contributed by atoms with Crippen LogP contribution in [0.3, 0.4) is 0 Å². The van der Waals surface area contributed by atoms with Crippen LogP contribution in [0.5, 0.6) is 0 Å². The summed E-state index contributed by atoms with van der Waals surface area (Å²) in [5, 5.41) is 15.5. The van der Waals surface area contributed by atoms with E-state index < -0.39 is 5.60 Å². The van der Waals surface area contributed by atoms with Crippen molar-refractivity contribution in [3.05, 3.63) is 46.7 Å². The third-order valence-corrected chi connectivity index (χ3v) is 4.97. The Kier molecular flexibility index (Phi) is 5.60. The lowest BCUT2D eigenvalue weighted by atomic mass is 9.71. The van der Waals surface area contributed by atoms with Crippen molar-refractivity contribution in [2.75, 3.05) is 0 Å². The van der Waals surface area contributed by atoms with E-state index in [1.807, 2.05) is 33.8 Å². The fraction of sp³-hybridized carbons (Fsp3) is 0.556. The van der Waals surface area contributed by atoms with E-state index in [0.717, 1.165) is 0 Å². The minimum atomic E-state index is -1.01. The molecule has 2 rings (SSSR count). The molecule has 6 heteroatoms. The van der Waals surface area contributed by atoms with E-state index in [1.165, 1.54) is 12.4 Å². The van der Waals surface area contributed by atoms with E-state index in [2.05, 4.69) is 10.1 Å². The predicted octanol–water partition coefficient (Wildman–Crippen LogP) is 4.13. The standard InChI is InChI=1S/C18H26FN3OS/c1-13(9-14-7-5-6-8-15(14)19)10-18(23,17(2,3)4)11-22-16(24)20-12-21-22/h5-8,12-13,23H,9-11H2,1-4H3,(H,20,21,24). The molecule has 0 aliphatic carbocycles. The molecule has 0 spiro atoms. The highest BCUT2D eigenvalue weighted by Crippen LogP contribution is 2.37. The van der Waals surface area contributed by atoms with E-state index >= 15 is 0 Å². The Balaban J connectivity index is 2.18. The molecule has 2 N–H and O–H groups in total. The van der Waals surface area contributed by atoms with Gasteiger partial charge >= 0.3 is 0 Å². The number of nitrogens with one attached hydrogen (secondary N) is 1. The van der Waals surface area contributed by atoms with Crippen molar-refractivity contribution in [3.63, 3.8) is 0 Å². The lowest BCUT2D eigenvalue weighted by molar-refractivity contribution is -0.0893. The third kappa shape index (κ3) is 4.30. The molecule has 2 atom stereocenters. The second-order valence-corrected chi connectivity index (χ2v) is 8.02. The van der Waals surface area contributed by atoms with Gasteiger partial charge in [0, 0.05) is 0 Å². The van der Waals surface area contributed by atoms with Crippen LogP contribution in [0.1, 0.15) is 39.7 Å². The molecule has 0 fully saturated rings. The second kappa shape index (κ2) is 7.15. The minimum Gasteiger partial charge on any atom is -0.387 e. The van der Waals surface area contributed by atoms with Gasteiger partial charge in [-0.3, -0.25) is 0 Å². The first kappa shape index (κ1) is 18.8. The van der Waals surface area contributed by atoms with Crippen LogP contribution >= 0.6 is 12.2 Å². The third-order valence-electron chi connectivity index (χ3n) is 4.64. The first-order valence-corrected chi connectivity index (χ1v) is 8.59. The zero-order valence-corrected chi connectivity index (χ0v) is 15.5. The summed E-state index contributed by atoms with van der Waals surface area (Å²) in [6, 6.07) is 6.80. The van der Waals surface area contributed by atoms with E-state index in [1.54, 1.807) is 16.8 Å². The summed E-state index contributed by atoms with van der Waals surface area (Å²) in [7, 11) is 0. The molecule has 1 aromatic carbocycles. The number of halogens is 1. The van der Waals surface area contributed by atoms with Gasteiger partial charge in [-0.25, -0.2) is 9.07 Å². The van der Waals surface area contributed by atoms with Gasteiger partial charge in [-0.15, -0.1) is 0 Å². The van der Waals surface area contributed by atoms with Crippen LogP contribution < -0.4 is 0 Å². The number of aliphatic hydroxyl groups is 1. The van der Waals surface area contributed by atoms with Gasteiger partial charge in [-0.1, -0.05) is 45.9 Å². The van der Waals surface area contributed by atoms with Crippen molar-refractivity contribution in [2.45, 2.75) is 52.7 Å². The molecule has 132 valence electrons. The zero-order chi connectivity index (χ0) is 18.0. The number of nitrogens with zero attached hydrogens (tertiary/aromatic N) is 2. The molecule has 1 aromatic heterocycles. The van der Waals surface area contributed by atoms with Gasteiger partial charge in [0.1, 0.15) is 12.1 Å². The van der Waals surface area contributed by atoms with Crippen molar-refractivity contribution in [3.8, 4) is 0 Å². The van der Waals surface area contributed by atoms with Gasteiger partial charge in [-0.2, -0.15) is 5.10 Å². The molecule has 0 aliphatic heterocycles. The molecule has 2 unspecified atom stereocenters. The highest BCUT2D eigenvalue weighted by atomic mass is 32.1. The van der Waals surface area contributed by atoms with Crippen LogP contribution in [-0.4, -0.2) is 25.5 Å². The molecule has 24 heavy (non-hydrogen) atoms. The molecular formula is C18H26FN3OS. The average Bonchev–Trinajstić information content (AvgIpc) is 2.85. The van der Waals surface area contributed by atoms with Crippen LogP contribution in [0.15, 0.2) is 30.6 Å². The summed E-state index contributed by atoms with van der Waals surface area (Å²) >= 11 is 5.20. The summed E-state index contributed by atoms with van der Waals surface area (Å²) in [5.74, 6) is -0.0857. The van der Waals surface area contributed by atoms with E-state index in [-0.39, 0.29) is 17.2 Å². The number of aromatic amines is 1. The quantitative estimate of drug-likeness (QED) is 0.770. The van der Waals surface area contributed by atoms with E-state index in [0.29, 0.717) is 29.7 Å². The monoisotopic (exact) mass is 351 g/mol. The Morgan fingerprint density at radius 2 is 2.00 bits per heavy atom. The van der Waals surface area contributed by atoms with E-state index in [9.17, 15) is 9.50 Å². The summed E-state index contributed by atoms with van der Waals surface area (Å²) in [6.07, 6.45) is 2.63. The normalized spacial score (nSPS) is 15.9. The number of aromatic nitrogens is 3. The lowest BCUT2D eigenvalue weighted by Gasteiger charge is -2.42. The highest BCUT2D eigenvalue weighted by Gasteiger charge is 2.41. The summed E-state index contributed by atoms with van der Waals surface area (Å²) < 4.78 is 16.0. The van der Waals surface area contributed by atoms with Gasteiger partial charge in [0.2, 0.25) is 0 Å². The molecule has 0 aliphatic rings. The minimum absolute atomic E-state index is 0.110. The lowest BCUT2D eigenvalue weighted by Crippen LogP contribution is -2.48. The maximum atomic E-state index is 13.9. The molecule has 0 bridgehead atoms. The fourth-order valence-corrected chi connectivity index (χ4v) is 3.10. The molecule has 0 radical (unpaired) electrons. The first-order valence-electron chi connectivity index (χ1n) is 8.19. The van der Waals surface area contributed by atoms with Crippen molar-refractivity contribution < 1.29 is 9.50 Å². The van der Waals surface area contributed by atoms with Crippen LogP contribution in [0.2, 0.25) is 0 Å². The predicted molar refractivity (Wildman–Crippen MR) is 95.7 cm³/mol. The number of hydrogen-bond donors (Lipinski definition) is 2. The Labute approximate surface area is 147 Å². The Bertz CT molecular complexity index is 734. The topological polar surface area (TPSA) is 53.8 Å². The highest BCUT2D eigenvalue weighted by molar-refractivity contribution is 7.71. The maximum Gasteiger partial charge on any atom is 0.195 e. The van der Waals surface area contributed by atoms with Crippen LogP contribution in [0.4, 0.5) is 4.39 Å². The molecule has 0 saturated carbocycles. The molecule has 0 amide bonds. The maximum absolute atomic E-state index is 13.9. The first-order chi connectivity index (χ1) is 11.1. The number of benzene rings is 1. The van der Waals surface area contributed by atoms with Crippen molar-refractivity contribution in [2.24, 2.45) is 11.3 Å². The summed E-state index contributed by atoms with van der Waals surface area (Å²) in [6.45, 7) is 8.34. The van der Waals surface area contributed by atoms with Crippen molar-refractivity contribution in [1.82, 2.24) is 14.8 Å². The van der Waals surface area contributed by atoms with Crippen molar-refractivity contribution in [1.29, 1.82) is 0 Å². The van der Waals surface area contributed by atoms with Crippen molar-refractivity contribution >= 4 is 12.2 Å². The molecule has 4 nitrogen and oxygen atoms in total. The van der Waals surface area contributed by atoms with Crippen LogP contribution in [0.25, 0.3) is 0 Å². The molecule has 2 aromatic rings. The average molecular weight is 351 g/mol. The largest absolute Gasteiger partial charge is 0.387 e. The summed E-state index contributed by atoms with van der Waals surface area (Å²) in [4.78, 5) is 2.85. The molecule has 1 heterocycles. The summed E-state index contributed by atoms with van der Waals surface area (Å²) in [5.41, 5.74) is -0.701. The fourth-order valence-electron chi connectivity index (χ4n) is 2.94. The Morgan fingerprint density at radius 3 is 2.54 bits per heavy atom. The van der Waals surface area contributed by atoms with Gasteiger partial charge in [0.15, 0.2) is 4.77 Å². The van der Waals surface area contributed by atoms with Gasteiger partial charge in [-0.05, 0) is 48.0 Å². The van der Waals surface area contributed by atoms with E-state index in [4.69, 9.17) is 12.2 Å². The number of hydrogen-bond acceptors (Lipinski definition) is 3. The SMILES string of the molecule is CC(Cc1ccccc1F)CC(O)(Cn1nc[nH]c1=S)C(C)(C)C. The Hall–Kier alpha value is -1.53.